The molecule has 7 rings (SSSR count). The summed E-state index contributed by atoms with van der Waals surface area (Å²) in [6.07, 6.45) is 13.4. The molecule has 2 aromatic rings. The number of fused-ring (bicyclic) bond motifs is 7. The summed E-state index contributed by atoms with van der Waals surface area (Å²) in [6, 6.07) is 10.2. The van der Waals surface area contributed by atoms with Crippen molar-refractivity contribution in [3.63, 3.8) is 0 Å². The van der Waals surface area contributed by atoms with Crippen molar-refractivity contribution in [2.45, 2.75) is 125 Å². The summed E-state index contributed by atoms with van der Waals surface area (Å²) in [4.78, 5) is 24.3. The van der Waals surface area contributed by atoms with Crippen LogP contribution >= 0.6 is 0 Å². The van der Waals surface area contributed by atoms with Gasteiger partial charge in [-0.3, -0.25) is 9.59 Å². The summed E-state index contributed by atoms with van der Waals surface area (Å²) in [7, 11) is 0. The Kier molecular flexibility index (Phi) is 8.50. The van der Waals surface area contributed by atoms with Gasteiger partial charge in [0.15, 0.2) is 0 Å². The van der Waals surface area contributed by atoms with Gasteiger partial charge in [-0.25, -0.2) is 4.68 Å². The third-order valence-electron chi connectivity index (χ3n) is 15.9. The fraction of sp³-hybridized carbons (Fsp3) is 0.714. The van der Waals surface area contributed by atoms with Gasteiger partial charge in [-0.15, -0.1) is 5.10 Å². The summed E-state index contributed by atoms with van der Waals surface area (Å²) in [5.74, 6) is 2.17. The van der Waals surface area contributed by atoms with Crippen molar-refractivity contribution in [2.24, 2.45) is 56.7 Å². The number of aromatic nitrogens is 3. The lowest BCUT2D eigenvalue weighted by molar-refractivity contribution is -0.252. The van der Waals surface area contributed by atoms with E-state index < -0.39 is 0 Å². The average molecular weight is 670 g/mol. The number of carbonyl (C=O) groups excluding carboxylic acids is 2. The maximum absolute atomic E-state index is 12.3. The van der Waals surface area contributed by atoms with Crippen molar-refractivity contribution in [3.8, 4) is 11.3 Å². The molecule has 0 spiro atoms. The number of rotatable bonds is 7. The van der Waals surface area contributed by atoms with E-state index in [1.807, 2.05) is 22.9 Å². The number of carbonyl (C=O) groups is 2. The van der Waals surface area contributed by atoms with Crippen LogP contribution in [0.4, 0.5) is 0 Å². The SMILES string of the molecule is C=C(Cn1cc(-c2ccccc2)nn1)[C@@H]1CC[C@]2(COC(C)=O)CC[C@]3(C)[C@H](CC[C@@H]4[C@@]5(C)CC[C@H](OC(C)=O)C(C)(C)[C@@H]5CC[C@]43C)[C@@H]12. The van der Waals surface area contributed by atoms with E-state index in [2.05, 4.69) is 63.3 Å². The fourth-order valence-electron chi connectivity index (χ4n) is 13.5. The van der Waals surface area contributed by atoms with E-state index in [4.69, 9.17) is 16.1 Å². The Balaban J connectivity index is 1.19. The number of nitrogens with zero attached hydrogens (tertiary/aromatic N) is 3. The molecule has 0 saturated heterocycles. The zero-order valence-electron chi connectivity index (χ0n) is 31.1. The highest BCUT2D eigenvalue weighted by atomic mass is 16.5. The van der Waals surface area contributed by atoms with Crippen molar-refractivity contribution in [1.82, 2.24) is 15.0 Å². The normalized spacial score (nSPS) is 40.6. The van der Waals surface area contributed by atoms with E-state index in [0.29, 0.717) is 42.7 Å². The van der Waals surface area contributed by atoms with Crippen LogP contribution < -0.4 is 0 Å². The quantitative estimate of drug-likeness (QED) is 0.216. The van der Waals surface area contributed by atoms with E-state index in [0.717, 1.165) is 43.4 Å². The van der Waals surface area contributed by atoms with Crippen molar-refractivity contribution >= 4 is 11.9 Å². The third-order valence-corrected chi connectivity index (χ3v) is 15.9. The van der Waals surface area contributed by atoms with Gasteiger partial charge in [0.05, 0.1) is 19.3 Å². The molecule has 0 bridgehead atoms. The van der Waals surface area contributed by atoms with Crippen LogP contribution in [-0.2, 0) is 25.6 Å². The molecule has 10 atom stereocenters. The van der Waals surface area contributed by atoms with Crippen LogP contribution in [0.5, 0.6) is 0 Å². The smallest absolute Gasteiger partial charge is 0.302 e. The first-order chi connectivity index (χ1) is 23.1. The summed E-state index contributed by atoms with van der Waals surface area (Å²) in [5.41, 5.74) is 3.75. The predicted molar refractivity (Wildman–Crippen MR) is 191 cm³/mol. The van der Waals surface area contributed by atoms with Crippen molar-refractivity contribution in [3.05, 3.63) is 48.7 Å². The molecule has 5 fully saturated rings. The highest BCUT2D eigenvalue weighted by Crippen LogP contribution is 2.77. The zero-order chi connectivity index (χ0) is 35.0. The lowest BCUT2D eigenvalue weighted by Crippen LogP contribution is -2.67. The predicted octanol–water partition coefficient (Wildman–Crippen LogP) is 9.08. The van der Waals surface area contributed by atoms with Gasteiger partial charge in [0.1, 0.15) is 11.8 Å². The number of allylic oxidation sites excluding steroid dienone is 1. The van der Waals surface area contributed by atoms with Gasteiger partial charge < -0.3 is 9.47 Å². The second-order valence-electron chi connectivity index (χ2n) is 18.3. The van der Waals surface area contributed by atoms with Crippen molar-refractivity contribution in [1.29, 1.82) is 0 Å². The van der Waals surface area contributed by atoms with Gasteiger partial charge in [-0.2, -0.15) is 0 Å². The lowest BCUT2D eigenvalue weighted by Gasteiger charge is -2.73. The molecule has 0 amide bonds. The van der Waals surface area contributed by atoms with Crippen LogP contribution in [0.2, 0.25) is 0 Å². The average Bonchev–Trinajstić information content (AvgIpc) is 3.68. The maximum Gasteiger partial charge on any atom is 0.302 e. The van der Waals surface area contributed by atoms with E-state index in [1.165, 1.54) is 37.7 Å². The molecular weight excluding hydrogens is 610 g/mol. The molecule has 1 heterocycles. The molecule has 5 saturated carbocycles. The minimum absolute atomic E-state index is 0.00456. The standard InChI is InChI=1S/C42H59N3O4/c1-27(24-45-25-33(43-44-45)30-12-10-9-11-13-30)31-16-21-42(26-48-28(2)46)23-22-40(7)32(37(31)42)14-15-35-39(6)19-18-36(49-29(3)47)38(4,5)34(39)17-20-41(35,40)8/h9-13,25,31-32,34-37H,1,14-24,26H2,2-8H3/t31-,32+,34-,35+,36-,37+,39-,40+,41+,42+/m0/s1. The molecule has 0 unspecified atom stereocenters. The Morgan fingerprint density at radius 3 is 2.33 bits per heavy atom. The molecule has 1 aromatic heterocycles. The van der Waals surface area contributed by atoms with Gasteiger partial charge in [0.2, 0.25) is 0 Å². The maximum atomic E-state index is 12.3. The molecular formula is C42H59N3O4. The topological polar surface area (TPSA) is 83.3 Å². The molecule has 266 valence electrons. The van der Waals surface area contributed by atoms with Crippen LogP contribution in [-0.4, -0.2) is 39.6 Å². The van der Waals surface area contributed by atoms with Crippen LogP contribution in [0.3, 0.4) is 0 Å². The van der Waals surface area contributed by atoms with Gasteiger partial charge in [-0.05, 0) is 110 Å². The van der Waals surface area contributed by atoms with Crippen molar-refractivity contribution < 1.29 is 19.1 Å². The van der Waals surface area contributed by atoms with Crippen LogP contribution in [0.1, 0.15) is 113 Å². The van der Waals surface area contributed by atoms with Gasteiger partial charge in [-0.1, -0.05) is 82.3 Å². The van der Waals surface area contributed by atoms with E-state index >= 15 is 0 Å². The van der Waals surface area contributed by atoms with Crippen LogP contribution in [0.25, 0.3) is 11.3 Å². The van der Waals surface area contributed by atoms with Gasteiger partial charge in [0, 0.05) is 30.2 Å². The Hall–Kier alpha value is -2.96. The molecule has 5 aliphatic carbocycles. The molecule has 0 N–H and O–H groups in total. The first-order valence-corrected chi connectivity index (χ1v) is 19.1. The van der Waals surface area contributed by atoms with Gasteiger partial charge >= 0.3 is 11.9 Å². The number of esters is 2. The minimum atomic E-state index is -0.173. The summed E-state index contributed by atoms with van der Waals surface area (Å²) in [6.45, 7) is 21.7. The van der Waals surface area contributed by atoms with E-state index in [9.17, 15) is 9.59 Å². The van der Waals surface area contributed by atoms with Crippen LogP contribution in [0.15, 0.2) is 48.7 Å². The van der Waals surface area contributed by atoms with Gasteiger partial charge in [0.25, 0.3) is 0 Å². The van der Waals surface area contributed by atoms with Crippen LogP contribution in [0, 0.1) is 56.7 Å². The lowest BCUT2D eigenvalue weighted by atomic mass is 9.32. The number of hydrogen-bond donors (Lipinski definition) is 0. The molecule has 0 radical (unpaired) electrons. The Labute approximate surface area is 294 Å². The molecule has 5 aliphatic rings. The molecule has 1 aromatic carbocycles. The summed E-state index contributed by atoms with van der Waals surface area (Å²) >= 11 is 0. The van der Waals surface area contributed by atoms with E-state index in [-0.39, 0.29) is 45.1 Å². The number of benzene rings is 1. The molecule has 0 aliphatic heterocycles. The number of hydrogen-bond acceptors (Lipinski definition) is 6. The molecule has 7 nitrogen and oxygen atoms in total. The third kappa shape index (κ3) is 5.34. The second-order valence-corrected chi connectivity index (χ2v) is 18.3. The number of ether oxygens (including phenoxy) is 2. The molecule has 49 heavy (non-hydrogen) atoms. The Morgan fingerprint density at radius 1 is 0.857 bits per heavy atom. The van der Waals surface area contributed by atoms with Crippen molar-refractivity contribution in [2.75, 3.05) is 6.61 Å². The second kappa shape index (κ2) is 12.1. The molecule has 7 heteroatoms. The monoisotopic (exact) mass is 669 g/mol. The largest absolute Gasteiger partial charge is 0.465 e. The first kappa shape index (κ1) is 34.5. The minimum Gasteiger partial charge on any atom is -0.465 e. The summed E-state index contributed by atoms with van der Waals surface area (Å²) in [5, 5.41) is 9.03. The first-order valence-electron chi connectivity index (χ1n) is 19.1. The Morgan fingerprint density at radius 2 is 1.61 bits per heavy atom. The van der Waals surface area contributed by atoms with E-state index in [1.54, 1.807) is 13.8 Å². The highest BCUT2D eigenvalue weighted by molar-refractivity contribution is 5.66. The fourth-order valence-corrected chi connectivity index (χ4v) is 13.5. The highest BCUT2D eigenvalue weighted by Gasteiger charge is 2.71. The Bertz CT molecular complexity index is 1600. The summed E-state index contributed by atoms with van der Waals surface area (Å²) < 4.78 is 13.9. The zero-order valence-corrected chi connectivity index (χ0v) is 31.1.